The number of pyridine rings is 1. The van der Waals surface area contributed by atoms with Crippen molar-refractivity contribution in [3.05, 3.63) is 52.3 Å². The first-order valence-corrected chi connectivity index (χ1v) is 11.1. The van der Waals surface area contributed by atoms with Crippen LogP contribution in [0.3, 0.4) is 0 Å². The molecule has 1 fully saturated rings. The number of rotatable bonds is 4. The van der Waals surface area contributed by atoms with Crippen LogP contribution in [0.15, 0.2) is 29.3 Å². The lowest BCUT2D eigenvalue weighted by Gasteiger charge is -2.20. The molecule has 1 aromatic carbocycles. The molecule has 1 amide bonds. The molecule has 1 aromatic heterocycles. The number of ether oxygens (including phenoxy) is 1. The second-order valence-corrected chi connectivity index (χ2v) is 9.64. The van der Waals surface area contributed by atoms with Crippen LogP contribution in [0.4, 0.5) is 13.2 Å². The van der Waals surface area contributed by atoms with Crippen LogP contribution in [0, 0.1) is 0 Å². The van der Waals surface area contributed by atoms with E-state index in [1.54, 1.807) is 0 Å². The fourth-order valence-corrected chi connectivity index (χ4v) is 4.34. The van der Waals surface area contributed by atoms with E-state index in [1.165, 1.54) is 24.1 Å². The molecule has 160 valence electrons. The predicted octanol–water partition coefficient (Wildman–Crippen LogP) is 3.55. The fraction of sp³-hybridized carbons (Fsp3) is 0.400. The Kier molecular flexibility index (Phi) is 4.80. The van der Waals surface area contributed by atoms with Gasteiger partial charge in [-0.2, -0.15) is 13.2 Å². The van der Waals surface area contributed by atoms with Crippen LogP contribution in [0.2, 0.25) is 0 Å². The molecule has 0 N–H and O–H groups in total. The molecule has 0 bridgehead atoms. The zero-order chi connectivity index (χ0) is 21.8. The number of benzene rings is 1. The van der Waals surface area contributed by atoms with Gasteiger partial charge in [0.1, 0.15) is 5.75 Å². The number of fused-ring (bicyclic) bond motifs is 1. The normalized spacial score (nSPS) is 16.5. The molecule has 2 aromatic rings. The maximum absolute atomic E-state index is 13.3. The number of sulfone groups is 1. The number of nitrogens with zero attached hydrogens (tertiary/aromatic N) is 2. The van der Waals surface area contributed by atoms with Crippen molar-refractivity contribution in [3.63, 3.8) is 0 Å². The Morgan fingerprint density at radius 2 is 1.90 bits per heavy atom. The van der Waals surface area contributed by atoms with E-state index in [4.69, 9.17) is 4.74 Å². The zero-order valence-corrected chi connectivity index (χ0v) is 17.1. The Morgan fingerprint density at radius 1 is 1.20 bits per heavy atom. The second kappa shape index (κ2) is 6.97. The Bertz CT molecular complexity index is 1140. The van der Waals surface area contributed by atoms with Gasteiger partial charge in [0.25, 0.3) is 5.91 Å². The van der Waals surface area contributed by atoms with Crippen LogP contribution >= 0.6 is 0 Å². The van der Waals surface area contributed by atoms with Gasteiger partial charge in [0.15, 0.2) is 9.84 Å². The number of carbonyl (C=O) groups excluding carboxylic acids is 1. The van der Waals surface area contributed by atoms with Crippen LogP contribution in [0.1, 0.15) is 51.5 Å². The number of carbonyl (C=O) groups is 1. The molecule has 0 radical (unpaired) electrons. The second-order valence-electron chi connectivity index (χ2n) is 7.62. The minimum absolute atomic E-state index is 0.0272. The maximum Gasteiger partial charge on any atom is 0.417 e. The van der Waals surface area contributed by atoms with Gasteiger partial charge in [-0.15, -0.1) is 0 Å². The van der Waals surface area contributed by atoms with Crippen molar-refractivity contribution >= 4 is 15.7 Å². The third-order valence-electron chi connectivity index (χ3n) is 5.36. The molecule has 10 heteroatoms. The van der Waals surface area contributed by atoms with Crippen molar-refractivity contribution in [1.82, 2.24) is 9.88 Å². The number of alkyl halides is 3. The first kappa shape index (κ1) is 20.6. The molecule has 0 unspecified atom stereocenters. The van der Waals surface area contributed by atoms with Gasteiger partial charge in [0, 0.05) is 30.1 Å². The summed E-state index contributed by atoms with van der Waals surface area (Å²) in [5, 5.41) is 0. The van der Waals surface area contributed by atoms with Gasteiger partial charge in [0.2, 0.25) is 0 Å². The lowest BCUT2D eigenvalue weighted by molar-refractivity contribution is -0.137. The molecule has 4 rings (SSSR count). The fourth-order valence-electron chi connectivity index (χ4n) is 3.68. The highest BCUT2D eigenvalue weighted by molar-refractivity contribution is 7.90. The maximum atomic E-state index is 13.3. The van der Waals surface area contributed by atoms with E-state index < -0.39 is 27.5 Å². The van der Waals surface area contributed by atoms with E-state index in [2.05, 4.69) is 4.98 Å². The Labute approximate surface area is 171 Å². The van der Waals surface area contributed by atoms with E-state index in [1.807, 2.05) is 0 Å². The van der Waals surface area contributed by atoms with Gasteiger partial charge in [-0.05, 0) is 42.5 Å². The van der Waals surface area contributed by atoms with Crippen molar-refractivity contribution in [1.29, 1.82) is 0 Å². The molecule has 1 saturated carbocycles. The smallest absolute Gasteiger partial charge is 0.417 e. The highest BCUT2D eigenvalue weighted by Gasteiger charge is 2.37. The van der Waals surface area contributed by atoms with Crippen molar-refractivity contribution < 1.29 is 31.1 Å². The number of halogens is 3. The Balaban J connectivity index is 1.73. The molecule has 2 aliphatic rings. The van der Waals surface area contributed by atoms with Crippen molar-refractivity contribution in [2.75, 3.05) is 13.4 Å². The van der Waals surface area contributed by atoms with Crippen LogP contribution < -0.4 is 4.74 Å². The Morgan fingerprint density at radius 3 is 2.47 bits per heavy atom. The molecule has 0 saturated heterocycles. The topological polar surface area (TPSA) is 76.6 Å². The molecule has 6 nitrogen and oxygen atoms in total. The zero-order valence-electron chi connectivity index (χ0n) is 16.3. The van der Waals surface area contributed by atoms with Gasteiger partial charge >= 0.3 is 6.18 Å². The number of amides is 1. The molecule has 1 aliphatic carbocycles. The van der Waals surface area contributed by atoms with E-state index in [9.17, 15) is 26.4 Å². The molecule has 0 atom stereocenters. The molecule has 1 aliphatic heterocycles. The third kappa shape index (κ3) is 3.76. The van der Waals surface area contributed by atoms with E-state index in [0.717, 1.165) is 31.4 Å². The summed E-state index contributed by atoms with van der Waals surface area (Å²) in [4.78, 5) is 18.5. The van der Waals surface area contributed by atoms with Gasteiger partial charge < -0.3 is 9.64 Å². The minimum atomic E-state index is -4.52. The highest BCUT2D eigenvalue weighted by Crippen LogP contribution is 2.47. The van der Waals surface area contributed by atoms with Gasteiger partial charge in [-0.3, -0.25) is 9.78 Å². The summed E-state index contributed by atoms with van der Waals surface area (Å²) in [5.74, 6) is -0.0299. The highest BCUT2D eigenvalue weighted by atomic mass is 32.2. The predicted molar refractivity (Wildman–Crippen MR) is 101 cm³/mol. The summed E-state index contributed by atoms with van der Waals surface area (Å²) in [6.07, 6.45) is -1.01. The molecule has 0 spiro atoms. The molecular weight excluding hydrogens is 421 g/mol. The van der Waals surface area contributed by atoms with Crippen molar-refractivity contribution in [2.24, 2.45) is 0 Å². The summed E-state index contributed by atoms with van der Waals surface area (Å²) in [5.41, 5.74) is 0.721. The summed E-state index contributed by atoms with van der Waals surface area (Å²) in [6, 6.07) is 3.76. The lowest BCUT2D eigenvalue weighted by atomic mass is 10.0. The quantitative estimate of drug-likeness (QED) is 0.727. The van der Waals surface area contributed by atoms with Crippen molar-refractivity contribution in [3.8, 4) is 5.75 Å². The number of hydrogen-bond acceptors (Lipinski definition) is 5. The Hall–Kier alpha value is -2.62. The summed E-state index contributed by atoms with van der Waals surface area (Å²) in [7, 11) is -2.19. The molecule has 2 heterocycles. The van der Waals surface area contributed by atoms with E-state index >= 15 is 0 Å². The van der Waals surface area contributed by atoms with Gasteiger partial charge in [0.05, 0.1) is 29.8 Å². The average Bonchev–Trinajstić information content (AvgIpc) is 3.42. The van der Waals surface area contributed by atoms with Crippen LogP contribution in [0.25, 0.3) is 0 Å². The number of methoxy groups -OCH3 is 1. The summed E-state index contributed by atoms with van der Waals surface area (Å²) >= 11 is 0. The SMILES string of the molecule is COc1cc(S(C)(=O)=O)cc(C(=O)N2Cc3cc(C(F)(F)F)cnc3C2)c1C1CC1. The van der Waals surface area contributed by atoms with Crippen LogP contribution in [0.5, 0.6) is 5.75 Å². The standard InChI is InChI=1S/C20H19F3N2O4S/c1-29-17-7-14(30(2,27)28)6-15(18(17)11-3-4-11)19(26)25-9-12-5-13(20(21,22)23)8-24-16(12)10-25/h5-8,11H,3-4,9-10H2,1-2H3. The van der Waals surface area contributed by atoms with Crippen LogP contribution in [-0.4, -0.2) is 37.6 Å². The summed E-state index contributed by atoms with van der Waals surface area (Å²) in [6.45, 7) is 0.0302. The average molecular weight is 440 g/mol. The van der Waals surface area contributed by atoms with E-state index in [-0.39, 0.29) is 29.5 Å². The minimum Gasteiger partial charge on any atom is -0.496 e. The van der Waals surface area contributed by atoms with Crippen molar-refractivity contribution in [2.45, 2.75) is 42.9 Å². The first-order valence-electron chi connectivity index (χ1n) is 9.25. The lowest BCUT2D eigenvalue weighted by Crippen LogP contribution is -2.27. The van der Waals surface area contributed by atoms with Gasteiger partial charge in [-0.1, -0.05) is 0 Å². The molecular formula is C20H19F3N2O4S. The number of hydrogen-bond donors (Lipinski definition) is 0. The number of aromatic nitrogens is 1. The van der Waals surface area contributed by atoms with Gasteiger partial charge in [-0.25, -0.2) is 8.42 Å². The monoisotopic (exact) mass is 440 g/mol. The third-order valence-corrected chi connectivity index (χ3v) is 6.45. The van der Waals surface area contributed by atoms with E-state index in [0.29, 0.717) is 22.6 Å². The van der Waals surface area contributed by atoms with Crippen LogP contribution in [-0.2, 0) is 29.1 Å². The first-order chi connectivity index (χ1) is 14.0. The largest absolute Gasteiger partial charge is 0.496 e. The molecule has 30 heavy (non-hydrogen) atoms. The summed E-state index contributed by atoms with van der Waals surface area (Å²) < 4.78 is 68.5.